The van der Waals surface area contributed by atoms with E-state index in [2.05, 4.69) is 27.7 Å². The van der Waals surface area contributed by atoms with Gasteiger partial charge in [0.05, 0.1) is 19.8 Å². The Kier molecular flexibility index (Phi) is 7.37. The van der Waals surface area contributed by atoms with Crippen molar-refractivity contribution >= 4 is 11.8 Å². The van der Waals surface area contributed by atoms with Gasteiger partial charge >= 0.3 is 0 Å². The first-order chi connectivity index (χ1) is 15.7. The van der Waals surface area contributed by atoms with Crippen molar-refractivity contribution in [1.29, 1.82) is 0 Å². The predicted octanol–water partition coefficient (Wildman–Crippen LogP) is 3.93. The van der Waals surface area contributed by atoms with Crippen LogP contribution in [0, 0.1) is 0 Å². The van der Waals surface area contributed by atoms with Gasteiger partial charge in [0.1, 0.15) is 18.1 Å². The Morgan fingerprint density at radius 3 is 2.31 bits per heavy atom. The summed E-state index contributed by atoms with van der Waals surface area (Å²) in [4.78, 5) is 0. The molecule has 32 heavy (non-hydrogen) atoms. The Balaban J connectivity index is 1.25. The number of aliphatic hydroxyl groups is 1. The fourth-order valence-corrected chi connectivity index (χ4v) is 3.87. The number of aliphatic hydroxyl groups excluding tert-OH is 1. The van der Waals surface area contributed by atoms with Crippen LogP contribution < -0.4 is 9.47 Å². The van der Waals surface area contributed by atoms with Gasteiger partial charge in [0, 0.05) is 5.75 Å². The van der Waals surface area contributed by atoms with Crippen LogP contribution >= 0.6 is 11.8 Å². The van der Waals surface area contributed by atoms with Crippen molar-refractivity contribution in [2.45, 2.75) is 17.8 Å². The van der Waals surface area contributed by atoms with Crippen LogP contribution in [-0.2, 0) is 6.54 Å². The molecule has 8 heteroatoms. The molecule has 3 aromatic carbocycles. The van der Waals surface area contributed by atoms with E-state index in [1.165, 1.54) is 11.8 Å². The van der Waals surface area contributed by atoms with Crippen molar-refractivity contribution in [3.05, 3.63) is 84.4 Å². The molecule has 1 N–H and O–H groups in total. The van der Waals surface area contributed by atoms with Crippen LogP contribution in [0.1, 0.15) is 5.56 Å². The number of nitrogens with zero attached hydrogens (tertiary/aromatic N) is 4. The largest absolute Gasteiger partial charge is 0.497 e. The van der Waals surface area contributed by atoms with E-state index >= 15 is 0 Å². The van der Waals surface area contributed by atoms with Gasteiger partial charge in [-0.3, -0.25) is 0 Å². The first kappa shape index (κ1) is 21.9. The molecular weight excluding hydrogens is 424 g/mol. The van der Waals surface area contributed by atoms with Crippen molar-refractivity contribution in [3.63, 3.8) is 0 Å². The summed E-state index contributed by atoms with van der Waals surface area (Å²) in [7, 11) is 1.64. The third kappa shape index (κ3) is 5.87. The van der Waals surface area contributed by atoms with Crippen molar-refractivity contribution in [1.82, 2.24) is 20.2 Å². The summed E-state index contributed by atoms with van der Waals surface area (Å²) in [6.07, 6.45) is -0.653. The fraction of sp³-hybridized carbons (Fsp3) is 0.208. The monoisotopic (exact) mass is 448 g/mol. The number of methoxy groups -OCH3 is 1. The zero-order chi connectivity index (χ0) is 22.2. The summed E-state index contributed by atoms with van der Waals surface area (Å²) < 4.78 is 12.6. The lowest BCUT2D eigenvalue weighted by atomic mass is 10.1. The first-order valence-corrected chi connectivity index (χ1v) is 11.2. The van der Waals surface area contributed by atoms with E-state index in [1.54, 1.807) is 11.8 Å². The minimum atomic E-state index is -0.653. The van der Waals surface area contributed by atoms with Gasteiger partial charge in [-0.1, -0.05) is 66.4 Å². The second-order valence-corrected chi connectivity index (χ2v) is 8.12. The lowest BCUT2D eigenvalue weighted by molar-refractivity contribution is 0.126. The van der Waals surface area contributed by atoms with Crippen molar-refractivity contribution in [2.24, 2.45) is 0 Å². The summed E-state index contributed by atoms with van der Waals surface area (Å²) in [5.74, 6) is 1.95. The smallest absolute Gasteiger partial charge is 0.209 e. The molecule has 0 aliphatic carbocycles. The maximum atomic E-state index is 10.3. The Bertz CT molecular complexity index is 1100. The summed E-state index contributed by atoms with van der Waals surface area (Å²) in [6.45, 7) is 0.734. The van der Waals surface area contributed by atoms with E-state index in [0.717, 1.165) is 28.2 Å². The minimum Gasteiger partial charge on any atom is -0.497 e. The van der Waals surface area contributed by atoms with Crippen molar-refractivity contribution in [2.75, 3.05) is 19.5 Å². The molecule has 7 nitrogen and oxygen atoms in total. The summed E-state index contributed by atoms with van der Waals surface area (Å²) >= 11 is 1.40. The number of hydrogen-bond acceptors (Lipinski definition) is 7. The number of thioether (sulfide) groups is 1. The summed E-state index contributed by atoms with van der Waals surface area (Å²) in [5, 5.41) is 22.9. The first-order valence-electron chi connectivity index (χ1n) is 10.2. The molecule has 0 amide bonds. The van der Waals surface area contributed by atoms with Crippen LogP contribution in [-0.4, -0.2) is 50.9 Å². The normalized spacial score (nSPS) is 11.8. The Morgan fingerprint density at radius 2 is 1.59 bits per heavy atom. The number of ether oxygens (including phenoxy) is 2. The molecule has 0 radical (unpaired) electrons. The molecule has 0 saturated carbocycles. The van der Waals surface area contributed by atoms with E-state index < -0.39 is 6.10 Å². The number of hydrogen-bond donors (Lipinski definition) is 1. The summed E-state index contributed by atoms with van der Waals surface area (Å²) in [5.41, 5.74) is 3.34. The van der Waals surface area contributed by atoms with Gasteiger partial charge in [0.2, 0.25) is 5.16 Å². The van der Waals surface area contributed by atoms with Gasteiger partial charge in [-0.05, 0) is 51.4 Å². The Labute approximate surface area is 191 Å². The van der Waals surface area contributed by atoms with E-state index in [4.69, 9.17) is 9.47 Å². The highest BCUT2D eigenvalue weighted by molar-refractivity contribution is 7.99. The Hall–Kier alpha value is -3.36. The molecule has 164 valence electrons. The molecule has 0 saturated heterocycles. The lowest BCUT2D eigenvalue weighted by Crippen LogP contribution is -2.20. The molecule has 4 aromatic rings. The van der Waals surface area contributed by atoms with Gasteiger partial charge < -0.3 is 14.6 Å². The third-order valence-electron chi connectivity index (χ3n) is 4.80. The molecule has 0 aliphatic heterocycles. The fourth-order valence-electron chi connectivity index (χ4n) is 3.09. The Morgan fingerprint density at radius 1 is 0.906 bits per heavy atom. The van der Waals surface area contributed by atoms with Gasteiger partial charge in [-0.15, -0.1) is 5.10 Å². The molecule has 1 heterocycles. The highest BCUT2D eigenvalue weighted by atomic mass is 32.2. The standard InChI is InChI=1S/C24H24N4O3S/c1-30-22-11-7-18(8-12-22)15-28-24(25-26-27-28)32-17-21(29)16-31-23-13-9-20(10-14-23)19-5-3-2-4-6-19/h2-14,21,29H,15-17H2,1H3/t21-/m1/s1. The van der Waals surface area contributed by atoms with Crippen LogP contribution in [0.4, 0.5) is 0 Å². The van der Waals surface area contributed by atoms with Gasteiger partial charge in [-0.2, -0.15) is 0 Å². The molecule has 4 rings (SSSR count). The highest BCUT2D eigenvalue weighted by Gasteiger charge is 2.12. The van der Waals surface area contributed by atoms with E-state index in [-0.39, 0.29) is 6.61 Å². The quantitative estimate of drug-likeness (QED) is 0.368. The molecule has 0 bridgehead atoms. The van der Waals surface area contributed by atoms with Crippen LogP contribution in [0.2, 0.25) is 0 Å². The molecular formula is C24H24N4O3S. The van der Waals surface area contributed by atoms with Crippen LogP contribution in [0.3, 0.4) is 0 Å². The van der Waals surface area contributed by atoms with Gasteiger partial charge in [-0.25, -0.2) is 4.68 Å². The van der Waals surface area contributed by atoms with Crippen molar-refractivity contribution in [3.8, 4) is 22.6 Å². The molecule has 1 aromatic heterocycles. The van der Waals surface area contributed by atoms with Crippen LogP contribution in [0.5, 0.6) is 11.5 Å². The average molecular weight is 449 g/mol. The zero-order valence-corrected chi connectivity index (χ0v) is 18.5. The molecule has 0 aliphatic rings. The minimum absolute atomic E-state index is 0.192. The average Bonchev–Trinajstić information content (AvgIpc) is 3.29. The van der Waals surface area contributed by atoms with E-state index in [0.29, 0.717) is 17.5 Å². The predicted molar refractivity (Wildman–Crippen MR) is 124 cm³/mol. The molecule has 0 unspecified atom stereocenters. The van der Waals surface area contributed by atoms with Gasteiger partial charge in [0.25, 0.3) is 0 Å². The molecule has 0 fully saturated rings. The SMILES string of the molecule is COc1ccc(Cn2nnnc2SC[C@H](O)COc2ccc(-c3ccccc3)cc2)cc1. The summed E-state index contributed by atoms with van der Waals surface area (Å²) in [6, 6.07) is 25.8. The topological polar surface area (TPSA) is 82.3 Å². The lowest BCUT2D eigenvalue weighted by Gasteiger charge is -2.12. The highest BCUT2D eigenvalue weighted by Crippen LogP contribution is 2.23. The second kappa shape index (κ2) is 10.8. The van der Waals surface area contributed by atoms with Crippen LogP contribution in [0.15, 0.2) is 84.0 Å². The molecule has 0 spiro atoms. The number of tetrazole rings is 1. The third-order valence-corrected chi connectivity index (χ3v) is 5.90. The van der Waals surface area contributed by atoms with E-state index in [1.807, 2.05) is 66.7 Å². The second-order valence-electron chi connectivity index (χ2n) is 7.13. The maximum Gasteiger partial charge on any atom is 0.209 e. The molecule has 1 atom stereocenters. The number of aromatic nitrogens is 4. The van der Waals surface area contributed by atoms with Crippen LogP contribution in [0.25, 0.3) is 11.1 Å². The zero-order valence-electron chi connectivity index (χ0n) is 17.7. The van der Waals surface area contributed by atoms with Crippen molar-refractivity contribution < 1.29 is 14.6 Å². The van der Waals surface area contributed by atoms with Gasteiger partial charge in [0.15, 0.2) is 0 Å². The number of rotatable bonds is 10. The maximum absolute atomic E-state index is 10.3. The number of benzene rings is 3. The van der Waals surface area contributed by atoms with E-state index in [9.17, 15) is 5.11 Å².